The average Bonchev–Trinajstić information content (AvgIpc) is 2.33. The Morgan fingerprint density at radius 1 is 1.46 bits per heavy atom. The molecule has 1 aliphatic carbocycles. The molecule has 1 atom stereocenters. The van der Waals surface area contributed by atoms with Gasteiger partial charge in [-0.05, 0) is 25.2 Å². The van der Waals surface area contributed by atoms with Crippen LogP contribution in [0.15, 0.2) is 0 Å². The smallest absolute Gasteiger partial charge is 0.147 e. The molecule has 1 fully saturated rings. The second-order valence-corrected chi connectivity index (χ2v) is 6.18. The summed E-state index contributed by atoms with van der Waals surface area (Å²) in [5.41, 5.74) is 0. The summed E-state index contributed by atoms with van der Waals surface area (Å²) in [4.78, 5) is 10.9. The Morgan fingerprint density at radius 3 is 2.62 bits per heavy atom. The summed E-state index contributed by atoms with van der Waals surface area (Å²) in [7, 11) is -2.81. The van der Waals surface area contributed by atoms with Crippen molar-refractivity contribution in [3.8, 4) is 0 Å². The zero-order valence-corrected chi connectivity index (χ0v) is 8.77. The zero-order chi connectivity index (χ0) is 9.90. The van der Waals surface area contributed by atoms with Crippen LogP contribution in [0.3, 0.4) is 0 Å². The van der Waals surface area contributed by atoms with Crippen LogP contribution in [-0.2, 0) is 14.6 Å². The molecule has 0 aliphatic heterocycles. The van der Waals surface area contributed by atoms with Crippen molar-refractivity contribution in [3.63, 3.8) is 0 Å². The van der Waals surface area contributed by atoms with Gasteiger partial charge in [-0.2, -0.15) is 0 Å². The number of sulfone groups is 1. The minimum atomic E-state index is -2.81. The Kier molecular flexibility index (Phi) is 3.47. The first-order chi connectivity index (χ1) is 5.97. The van der Waals surface area contributed by atoms with Crippen LogP contribution in [0.25, 0.3) is 0 Å². The van der Waals surface area contributed by atoms with Gasteiger partial charge in [-0.25, -0.2) is 8.42 Å². The summed E-state index contributed by atoms with van der Waals surface area (Å²) in [5.74, 6) is 1.05. The fourth-order valence-corrected chi connectivity index (χ4v) is 2.46. The van der Waals surface area contributed by atoms with E-state index in [1.807, 2.05) is 0 Å². The van der Waals surface area contributed by atoms with E-state index < -0.39 is 9.84 Å². The molecule has 76 valence electrons. The summed E-state index contributed by atoms with van der Waals surface area (Å²) in [6.07, 6.45) is 5.18. The van der Waals surface area contributed by atoms with Crippen molar-refractivity contribution in [1.29, 1.82) is 0 Å². The highest BCUT2D eigenvalue weighted by molar-refractivity contribution is 7.90. The van der Waals surface area contributed by atoms with E-state index in [0.29, 0.717) is 31.0 Å². The first-order valence-corrected chi connectivity index (χ1v) is 6.73. The molecule has 0 aromatic heterocycles. The SMILES string of the molecule is CS(=O)(=O)CCCC1CCC(=O)C1. The summed E-state index contributed by atoms with van der Waals surface area (Å²) < 4.78 is 21.6. The normalized spacial score (nSPS) is 23.8. The summed E-state index contributed by atoms with van der Waals surface area (Å²) in [6, 6.07) is 0. The molecule has 0 spiro atoms. The largest absolute Gasteiger partial charge is 0.300 e. The minimum Gasteiger partial charge on any atom is -0.300 e. The van der Waals surface area contributed by atoms with E-state index >= 15 is 0 Å². The third-order valence-corrected chi connectivity index (χ3v) is 3.51. The van der Waals surface area contributed by atoms with E-state index in [4.69, 9.17) is 0 Å². The van der Waals surface area contributed by atoms with Crippen LogP contribution in [0.2, 0.25) is 0 Å². The maximum absolute atomic E-state index is 10.9. The van der Waals surface area contributed by atoms with Gasteiger partial charge in [-0.1, -0.05) is 0 Å². The second kappa shape index (κ2) is 4.22. The molecule has 0 bridgehead atoms. The highest BCUT2D eigenvalue weighted by Crippen LogP contribution is 2.26. The van der Waals surface area contributed by atoms with Gasteiger partial charge in [-0.3, -0.25) is 4.79 Å². The van der Waals surface area contributed by atoms with Crippen molar-refractivity contribution in [2.75, 3.05) is 12.0 Å². The Morgan fingerprint density at radius 2 is 2.15 bits per heavy atom. The molecule has 13 heavy (non-hydrogen) atoms. The Bertz CT molecular complexity index is 279. The Balaban J connectivity index is 2.17. The quantitative estimate of drug-likeness (QED) is 0.691. The lowest BCUT2D eigenvalue weighted by Gasteiger charge is -2.05. The average molecular weight is 204 g/mol. The Hall–Kier alpha value is -0.380. The second-order valence-electron chi connectivity index (χ2n) is 3.92. The molecule has 0 aromatic rings. The predicted octanol–water partition coefficient (Wildman–Crippen LogP) is 1.18. The third kappa shape index (κ3) is 4.41. The van der Waals surface area contributed by atoms with Crippen LogP contribution >= 0.6 is 0 Å². The van der Waals surface area contributed by atoms with Crippen LogP contribution < -0.4 is 0 Å². The fraction of sp³-hybridized carbons (Fsp3) is 0.889. The van der Waals surface area contributed by atoms with Crippen LogP contribution in [0.4, 0.5) is 0 Å². The van der Waals surface area contributed by atoms with Gasteiger partial charge in [0.1, 0.15) is 15.6 Å². The number of ketones is 1. The number of Topliss-reactive ketones (excluding diaryl/α,β-unsaturated/α-hetero) is 1. The zero-order valence-electron chi connectivity index (χ0n) is 7.95. The molecule has 4 heteroatoms. The maximum atomic E-state index is 10.9. The number of hydrogen-bond acceptors (Lipinski definition) is 3. The molecule has 3 nitrogen and oxygen atoms in total. The van der Waals surface area contributed by atoms with Crippen molar-refractivity contribution in [1.82, 2.24) is 0 Å². The van der Waals surface area contributed by atoms with Crippen molar-refractivity contribution in [2.24, 2.45) is 5.92 Å². The number of carbonyl (C=O) groups excluding carboxylic acids is 1. The number of hydrogen-bond donors (Lipinski definition) is 0. The molecule has 0 saturated heterocycles. The number of carbonyl (C=O) groups is 1. The maximum Gasteiger partial charge on any atom is 0.147 e. The van der Waals surface area contributed by atoms with Gasteiger partial charge in [0.25, 0.3) is 0 Å². The highest BCUT2D eigenvalue weighted by atomic mass is 32.2. The molecule has 0 amide bonds. The van der Waals surface area contributed by atoms with Crippen molar-refractivity contribution in [3.05, 3.63) is 0 Å². The van der Waals surface area contributed by atoms with Crippen molar-refractivity contribution >= 4 is 15.6 Å². The van der Waals surface area contributed by atoms with Crippen LogP contribution in [-0.4, -0.2) is 26.2 Å². The summed E-state index contributed by atoms with van der Waals surface area (Å²) >= 11 is 0. The van der Waals surface area contributed by atoms with Crippen LogP contribution in [0, 0.1) is 5.92 Å². The van der Waals surface area contributed by atoms with Gasteiger partial charge in [0.15, 0.2) is 0 Å². The molecular formula is C9H16O3S. The Labute approximate surface area is 79.4 Å². The molecule has 0 aromatic carbocycles. The molecule has 0 heterocycles. The molecule has 1 rings (SSSR count). The topological polar surface area (TPSA) is 51.2 Å². The lowest BCUT2D eigenvalue weighted by Crippen LogP contribution is -2.05. The molecule has 1 unspecified atom stereocenters. The van der Waals surface area contributed by atoms with Gasteiger partial charge < -0.3 is 0 Å². The highest BCUT2D eigenvalue weighted by Gasteiger charge is 2.21. The van der Waals surface area contributed by atoms with Crippen LogP contribution in [0.1, 0.15) is 32.1 Å². The van der Waals surface area contributed by atoms with Crippen LogP contribution in [0.5, 0.6) is 0 Å². The van der Waals surface area contributed by atoms with Gasteiger partial charge in [0.2, 0.25) is 0 Å². The molecule has 0 N–H and O–H groups in total. The predicted molar refractivity (Wildman–Crippen MR) is 51.3 cm³/mol. The fourth-order valence-electron chi connectivity index (χ4n) is 1.77. The van der Waals surface area contributed by atoms with E-state index in [1.54, 1.807) is 0 Å². The first kappa shape index (κ1) is 10.7. The standard InChI is InChI=1S/C9H16O3S/c1-13(11,12)6-2-3-8-4-5-9(10)7-8/h8H,2-7H2,1H3. The van der Waals surface area contributed by atoms with E-state index in [1.165, 1.54) is 6.26 Å². The summed E-state index contributed by atoms with van der Waals surface area (Å²) in [5, 5.41) is 0. The lowest BCUT2D eigenvalue weighted by atomic mass is 10.0. The monoisotopic (exact) mass is 204 g/mol. The molecular weight excluding hydrogens is 188 g/mol. The third-order valence-electron chi connectivity index (χ3n) is 2.48. The van der Waals surface area contributed by atoms with E-state index in [9.17, 15) is 13.2 Å². The van der Waals surface area contributed by atoms with Crippen molar-refractivity contribution < 1.29 is 13.2 Å². The number of rotatable bonds is 4. The van der Waals surface area contributed by atoms with Gasteiger partial charge in [0, 0.05) is 24.9 Å². The van der Waals surface area contributed by atoms with E-state index in [0.717, 1.165) is 12.8 Å². The van der Waals surface area contributed by atoms with Gasteiger partial charge in [-0.15, -0.1) is 0 Å². The van der Waals surface area contributed by atoms with E-state index in [2.05, 4.69) is 0 Å². The van der Waals surface area contributed by atoms with Gasteiger partial charge >= 0.3 is 0 Å². The van der Waals surface area contributed by atoms with E-state index in [-0.39, 0.29) is 5.75 Å². The molecule has 1 aliphatic rings. The van der Waals surface area contributed by atoms with Crippen molar-refractivity contribution in [2.45, 2.75) is 32.1 Å². The minimum absolute atomic E-state index is 0.262. The molecule has 1 saturated carbocycles. The first-order valence-electron chi connectivity index (χ1n) is 4.67. The van der Waals surface area contributed by atoms with Gasteiger partial charge in [0.05, 0.1) is 0 Å². The molecule has 0 radical (unpaired) electrons. The summed E-state index contributed by atoms with van der Waals surface area (Å²) in [6.45, 7) is 0. The lowest BCUT2D eigenvalue weighted by molar-refractivity contribution is -0.117.